The molecular weight excluding hydrogens is 264 g/mol. The summed E-state index contributed by atoms with van der Waals surface area (Å²) >= 11 is 0. The summed E-state index contributed by atoms with van der Waals surface area (Å²) in [6.07, 6.45) is 8.93. The summed E-state index contributed by atoms with van der Waals surface area (Å²) in [7, 11) is 0. The van der Waals surface area contributed by atoms with E-state index in [0.29, 0.717) is 19.5 Å². The molecule has 0 unspecified atom stereocenters. The normalized spacial score (nSPS) is 14.4. The molecule has 0 fully saturated rings. The van der Waals surface area contributed by atoms with Gasteiger partial charge in [0.1, 0.15) is 5.75 Å². The highest BCUT2D eigenvalue weighted by atomic mass is 16.3. The molecular formula is C17H24N2O2. The number of benzene rings is 1. The van der Waals surface area contributed by atoms with Crippen molar-refractivity contribution in [2.75, 3.05) is 13.1 Å². The van der Waals surface area contributed by atoms with Crippen molar-refractivity contribution in [2.24, 2.45) is 0 Å². The zero-order valence-corrected chi connectivity index (χ0v) is 12.4. The fraction of sp³-hybridized carbons (Fsp3) is 0.471. The van der Waals surface area contributed by atoms with Gasteiger partial charge in [-0.1, -0.05) is 23.8 Å². The largest absolute Gasteiger partial charge is 0.508 e. The standard InChI is InChI=1S/C17H24N2O2/c20-16-8-4-7-15(13-16)10-12-19-17(21)18-11-9-14-5-2-1-3-6-14/h4-5,7-8,13,20H,1-3,6,9-12H2,(H2,18,19,21). The van der Waals surface area contributed by atoms with Gasteiger partial charge < -0.3 is 15.7 Å². The molecule has 1 aliphatic carbocycles. The van der Waals surface area contributed by atoms with Gasteiger partial charge >= 0.3 is 6.03 Å². The van der Waals surface area contributed by atoms with Crippen LogP contribution in [0.4, 0.5) is 4.79 Å². The molecule has 2 amide bonds. The fourth-order valence-electron chi connectivity index (χ4n) is 2.56. The summed E-state index contributed by atoms with van der Waals surface area (Å²) in [5.74, 6) is 0.262. The fourth-order valence-corrected chi connectivity index (χ4v) is 2.56. The Morgan fingerprint density at radius 3 is 2.67 bits per heavy atom. The van der Waals surface area contributed by atoms with Gasteiger partial charge in [0, 0.05) is 13.1 Å². The molecule has 21 heavy (non-hydrogen) atoms. The number of hydrogen-bond acceptors (Lipinski definition) is 2. The van der Waals surface area contributed by atoms with Crippen LogP contribution in [0.3, 0.4) is 0 Å². The summed E-state index contributed by atoms with van der Waals surface area (Å²) in [4.78, 5) is 11.7. The minimum Gasteiger partial charge on any atom is -0.508 e. The number of aromatic hydroxyl groups is 1. The minimum absolute atomic E-state index is 0.119. The molecule has 0 aromatic heterocycles. The smallest absolute Gasteiger partial charge is 0.314 e. The first-order chi connectivity index (χ1) is 10.2. The molecule has 1 aliphatic rings. The number of carbonyl (C=O) groups is 1. The van der Waals surface area contributed by atoms with E-state index in [0.717, 1.165) is 12.0 Å². The summed E-state index contributed by atoms with van der Waals surface area (Å²) in [6.45, 7) is 1.27. The number of phenols is 1. The Balaban J connectivity index is 1.58. The van der Waals surface area contributed by atoms with Crippen molar-refractivity contribution in [3.63, 3.8) is 0 Å². The van der Waals surface area contributed by atoms with E-state index in [-0.39, 0.29) is 11.8 Å². The van der Waals surface area contributed by atoms with Crippen LogP contribution < -0.4 is 10.6 Å². The number of allylic oxidation sites excluding steroid dienone is 1. The third-order valence-electron chi connectivity index (χ3n) is 3.73. The van der Waals surface area contributed by atoms with E-state index in [1.807, 2.05) is 12.1 Å². The van der Waals surface area contributed by atoms with E-state index in [9.17, 15) is 9.90 Å². The molecule has 0 heterocycles. The molecule has 0 aliphatic heterocycles. The van der Waals surface area contributed by atoms with E-state index in [1.54, 1.807) is 12.1 Å². The van der Waals surface area contributed by atoms with Gasteiger partial charge in [-0.3, -0.25) is 0 Å². The SMILES string of the molecule is O=C(NCCC1=CCCCC1)NCCc1cccc(O)c1. The van der Waals surface area contributed by atoms with Gasteiger partial charge in [0.25, 0.3) is 0 Å². The summed E-state index contributed by atoms with van der Waals surface area (Å²) in [6, 6.07) is 6.99. The van der Waals surface area contributed by atoms with E-state index in [2.05, 4.69) is 16.7 Å². The average Bonchev–Trinajstić information content (AvgIpc) is 2.48. The van der Waals surface area contributed by atoms with Crippen LogP contribution in [-0.4, -0.2) is 24.2 Å². The Bertz CT molecular complexity index is 497. The van der Waals surface area contributed by atoms with Gasteiger partial charge in [-0.05, 0) is 56.2 Å². The third-order valence-corrected chi connectivity index (χ3v) is 3.73. The second-order valence-corrected chi connectivity index (χ2v) is 5.46. The molecule has 1 aromatic carbocycles. The highest BCUT2D eigenvalue weighted by Crippen LogP contribution is 2.19. The molecule has 0 spiro atoms. The van der Waals surface area contributed by atoms with E-state index in [4.69, 9.17) is 0 Å². The molecule has 0 saturated carbocycles. The zero-order valence-electron chi connectivity index (χ0n) is 12.4. The maximum absolute atomic E-state index is 11.7. The third kappa shape index (κ3) is 5.90. The molecule has 114 valence electrons. The predicted octanol–water partition coefficient (Wildman–Crippen LogP) is 3.12. The molecule has 0 saturated heterocycles. The van der Waals surface area contributed by atoms with Crippen molar-refractivity contribution in [2.45, 2.75) is 38.5 Å². The molecule has 3 N–H and O–H groups in total. The van der Waals surface area contributed by atoms with Crippen LogP contribution in [0.1, 0.15) is 37.7 Å². The molecule has 1 aromatic rings. The number of rotatable bonds is 6. The summed E-state index contributed by atoms with van der Waals surface area (Å²) in [5.41, 5.74) is 2.49. The van der Waals surface area contributed by atoms with Crippen LogP contribution in [0.15, 0.2) is 35.9 Å². The number of phenolic OH excluding ortho intramolecular Hbond substituents is 1. The lowest BCUT2D eigenvalue weighted by atomic mass is 9.97. The predicted molar refractivity (Wildman–Crippen MR) is 84.4 cm³/mol. The molecule has 0 radical (unpaired) electrons. The van der Waals surface area contributed by atoms with Gasteiger partial charge in [0.05, 0.1) is 0 Å². The molecule has 2 rings (SSSR count). The van der Waals surface area contributed by atoms with Crippen LogP contribution >= 0.6 is 0 Å². The van der Waals surface area contributed by atoms with Crippen LogP contribution in [0, 0.1) is 0 Å². The highest BCUT2D eigenvalue weighted by molar-refractivity contribution is 5.73. The van der Waals surface area contributed by atoms with Gasteiger partial charge in [-0.25, -0.2) is 4.79 Å². The van der Waals surface area contributed by atoms with Gasteiger partial charge in [0.15, 0.2) is 0 Å². The van der Waals surface area contributed by atoms with Crippen LogP contribution in [-0.2, 0) is 6.42 Å². The van der Waals surface area contributed by atoms with E-state index < -0.39 is 0 Å². The van der Waals surface area contributed by atoms with Gasteiger partial charge in [0.2, 0.25) is 0 Å². The number of carbonyl (C=O) groups excluding carboxylic acids is 1. The summed E-state index contributed by atoms with van der Waals surface area (Å²) < 4.78 is 0. The molecule has 0 atom stereocenters. The summed E-state index contributed by atoms with van der Waals surface area (Å²) in [5, 5.41) is 15.1. The molecule has 0 bridgehead atoms. The number of amides is 2. The Kier molecular flexibility index (Phi) is 6.13. The zero-order chi connectivity index (χ0) is 14.9. The first-order valence-corrected chi connectivity index (χ1v) is 7.71. The lowest BCUT2D eigenvalue weighted by Gasteiger charge is -2.13. The first kappa shape index (κ1) is 15.4. The minimum atomic E-state index is -0.119. The lowest BCUT2D eigenvalue weighted by molar-refractivity contribution is 0.241. The lowest BCUT2D eigenvalue weighted by Crippen LogP contribution is -2.37. The Morgan fingerprint density at radius 2 is 1.95 bits per heavy atom. The van der Waals surface area contributed by atoms with Crippen molar-refractivity contribution < 1.29 is 9.90 Å². The second-order valence-electron chi connectivity index (χ2n) is 5.46. The maximum Gasteiger partial charge on any atom is 0.314 e. The van der Waals surface area contributed by atoms with Crippen molar-refractivity contribution in [1.82, 2.24) is 10.6 Å². The van der Waals surface area contributed by atoms with Gasteiger partial charge in [-0.15, -0.1) is 0 Å². The van der Waals surface area contributed by atoms with Crippen molar-refractivity contribution in [3.8, 4) is 5.75 Å². The average molecular weight is 288 g/mol. The Hall–Kier alpha value is -1.97. The van der Waals surface area contributed by atoms with Crippen molar-refractivity contribution >= 4 is 6.03 Å². The second kappa shape index (κ2) is 8.35. The van der Waals surface area contributed by atoms with E-state index in [1.165, 1.54) is 31.3 Å². The number of nitrogens with one attached hydrogen (secondary N) is 2. The highest BCUT2D eigenvalue weighted by Gasteiger charge is 2.04. The molecule has 4 nitrogen and oxygen atoms in total. The van der Waals surface area contributed by atoms with Crippen LogP contribution in [0.2, 0.25) is 0 Å². The van der Waals surface area contributed by atoms with Gasteiger partial charge in [-0.2, -0.15) is 0 Å². The number of urea groups is 1. The van der Waals surface area contributed by atoms with E-state index >= 15 is 0 Å². The Morgan fingerprint density at radius 1 is 1.14 bits per heavy atom. The topological polar surface area (TPSA) is 61.4 Å². The maximum atomic E-state index is 11.7. The van der Waals surface area contributed by atoms with Crippen molar-refractivity contribution in [3.05, 3.63) is 41.5 Å². The monoisotopic (exact) mass is 288 g/mol. The first-order valence-electron chi connectivity index (χ1n) is 7.71. The Labute approximate surface area is 126 Å². The van der Waals surface area contributed by atoms with Crippen molar-refractivity contribution in [1.29, 1.82) is 0 Å². The molecule has 4 heteroatoms. The quantitative estimate of drug-likeness (QED) is 0.704. The van der Waals surface area contributed by atoms with Crippen LogP contribution in [0.25, 0.3) is 0 Å². The van der Waals surface area contributed by atoms with Crippen LogP contribution in [0.5, 0.6) is 5.75 Å². The number of hydrogen-bond donors (Lipinski definition) is 3.